The molecule has 0 heterocycles. The topological polar surface area (TPSA) is 58.0 Å². The van der Waals surface area contributed by atoms with Crippen LogP contribution in [-0.2, 0) is 10.8 Å². The SMILES string of the molecule is C[Si](C)(C)O[C@H](CN=[N+]=[N-])Cc1ccccc1. The second-order valence-corrected chi connectivity index (χ2v) is 9.42. The lowest BCUT2D eigenvalue weighted by molar-refractivity contribution is 0.202. The average molecular weight is 249 g/mol. The lowest BCUT2D eigenvalue weighted by Crippen LogP contribution is -2.34. The molecule has 0 spiro atoms. The smallest absolute Gasteiger partial charge is 0.184 e. The van der Waals surface area contributed by atoms with Gasteiger partial charge in [0.2, 0.25) is 0 Å². The molecule has 0 aliphatic carbocycles. The lowest BCUT2D eigenvalue weighted by Gasteiger charge is -2.25. The summed E-state index contributed by atoms with van der Waals surface area (Å²) in [6, 6.07) is 10.1. The molecule has 4 nitrogen and oxygen atoms in total. The van der Waals surface area contributed by atoms with Gasteiger partial charge in [-0.25, -0.2) is 0 Å². The van der Waals surface area contributed by atoms with E-state index in [0.29, 0.717) is 6.54 Å². The normalized spacial score (nSPS) is 12.9. The Kier molecular flexibility index (Phi) is 5.22. The predicted octanol–water partition coefficient (Wildman–Crippen LogP) is 3.76. The maximum absolute atomic E-state index is 8.39. The van der Waals surface area contributed by atoms with E-state index in [-0.39, 0.29) is 6.10 Å². The van der Waals surface area contributed by atoms with Crippen LogP contribution in [0.2, 0.25) is 19.6 Å². The molecular weight excluding hydrogens is 230 g/mol. The van der Waals surface area contributed by atoms with E-state index in [0.717, 1.165) is 6.42 Å². The van der Waals surface area contributed by atoms with Crippen LogP contribution in [0, 0.1) is 0 Å². The molecule has 0 fully saturated rings. The van der Waals surface area contributed by atoms with E-state index in [2.05, 4.69) is 41.8 Å². The fourth-order valence-electron chi connectivity index (χ4n) is 1.65. The van der Waals surface area contributed by atoms with Crippen LogP contribution in [0.1, 0.15) is 5.56 Å². The highest BCUT2D eigenvalue weighted by Crippen LogP contribution is 2.13. The predicted molar refractivity (Wildman–Crippen MR) is 72.4 cm³/mol. The standard InChI is InChI=1S/C12H19N3OSi/c1-17(2,3)16-12(10-14-15-13)9-11-7-5-4-6-8-11/h4-8,12H,9-10H2,1-3H3/t12-/m0/s1. The second-order valence-electron chi connectivity index (χ2n) is 4.96. The van der Waals surface area contributed by atoms with Crippen molar-refractivity contribution >= 4 is 8.32 Å². The first-order valence-corrected chi connectivity index (χ1v) is 9.15. The third kappa shape index (κ3) is 6.11. The Morgan fingerprint density at radius 3 is 2.47 bits per heavy atom. The molecule has 1 aromatic rings. The van der Waals surface area contributed by atoms with Crippen LogP contribution in [0.25, 0.3) is 10.4 Å². The number of azide groups is 1. The van der Waals surface area contributed by atoms with E-state index >= 15 is 0 Å². The number of nitrogens with zero attached hydrogens (tertiary/aromatic N) is 3. The molecule has 1 atom stereocenters. The number of benzene rings is 1. The van der Waals surface area contributed by atoms with Gasteiger partial charge in [0.25, 0.3) is 0 Å². The molecule has 0 N–H and O–H groups in total. The van der Waals surface area contributed by atoms with E-state index in [1.54, 1.807) is 0 Å². The van der Waals surface area contributed by atoms with Crippen LogP contribution < -0.4 is 0 Å². The number of rotatable bonds is 6. The van der Waals surface area contributed by atoms with Gasteiger partial charge >= 0.3 is 0 Å². The van der Waals surface area contributed by atoms with E-state index in [4.69, 9.17) is 9.96 Å². The van der Waals surface area contributed by atoms with Crippen molar-refractivity contribution in [3.8, 4) is 0 Å². The van der Waals surface area contributed by atoms with Crippen molar-refractivity contribution in [3.05, 3.63) is 46.3 Å². The van der Waals surface area contributed by atoms with Crippen LogP contribution in [0.15, 0.2) is 35.4 Å². The molecule has 5 heteroatoms. The Morgan fingerprint density at radius 2 is 1.94 bits per heavy atom. The first-order valence-electron chi connectivity index (χ1n) is 5.74. The van der Waals surface area contributed by atoms with Crippen LogP contribution in [0.3, 0.4) is 0 Å². The zero-order valence-electron chi connectivity index (χ0n) is 10.6. The quantitative estimate of drug-likeness (QED) is 0.328. The minimum atomic E-state index is -1.61. The van der Waals surface area contributed by atoms with Crippen molar-refractivity contribution in [3.63, 3.8) is 0 Å². The van der Waals surface area contributed by atoms with Gasteiger partial charge in [-0.2, -0.15) is 0 Å². The maximum atomic E-state index is 8.39. The highest BCUT2D eigenvalue weighted by Gasteiger charge is 2.20. The molecule has 0 amide bonds. The van der Waals surface area contributed by atoms with E-state index in [9.17, 15) is 0 Å². The average Bonchev–Trinajstić information content (AvgIpc) is 2.25. The Balaban J connectivity index is 2.66. The van der Waals surface area contributed by atoms with Gasteiger partial charge in [-0.15, -0.1) is 0 Å². The van der Waals surface area contributed by atoms with Gasteiger partial charge in [-0.3, -0.25) is 0 Å². The lowest BCUT2D eigenvalue weighted by atomic mass is 10.1. The molecule has 17 heavy (non-hydrogen) atoms. The van der Waals surface area contributed by atoms with E-state index < -0.39 is 8.32 Å². The summed E-state index contributed by atoms with van der Waals surface area (Å²) in [5, 5.41) is 3.63. The Morgan fingerprint density at radius 1 is 1.29 bits per heavy atom. The number of hydrogen-bond donors (Lipinski definition) is 0. The summed E-state index contributed by atoms with van der Waals surface area (Å²) in [5.74, 6) is 0. The van der Waals surface area contributed by atoms with Crippen molar-refractivity contribution in [1.82, 2.24) is 0 Å². The molecule has 0 aliphatic rings. The summed E-state index contributed by atoms with van der Waals surface area (Å²) in [6.07, 6.45) is 0.782. The highest BCUT2D eigenvalue weighted by atomic mass is 28.4. The van der Waals surface area contributed by atoms with Crippen LogP contribution in [0.5, 0.6) is 0 Å². The van der Waals surface area contributed by atoms with Crippen LogP contribution >= 0.6 is 0 Å². The minimum absolute atomic E-state index is 0.0139. The first kappa shape index (κ1) is 13.8. The number of hydrogen-bond acceptors (Lipinski definition) is 2. The van der Waals surface area contributed by atoms with Crippen molar-refractivity contribution in [2.45, 2.75) is 32.2 Å². The third-order valence-electron chi connectivity index (χ3n) is 2.17. The molecule has 92 valence electrons. The maximum Gasteiger partial charge on any atom is 0.184 e. The van der Waals surface area contributed by atoms with Crippen molar-refractivity contribution < 1.29 is 4.43 Å². The molecule has 0 aliphatic heterocycles. The van der Waals surface area contributed by atoms with E-state index in [1.807, 2.05) is 18.2 Å². The Hall–Kier alpha value is -1.29. The molecular formula is C12H19N3OSi. The van der Waals surface area contributed by atoms with E-state index in [1.165, 1.54) is 5.56 Å². The van der Waals surface area contributed by atoms with Gasteiger partial charge in [0, 0.05) is 4.91 Å². The molecule has 0 saturated heterocycles. The van der Waals surface area contributed by atoms with Gasteiger partial charge in [0.15, 0.2) is 8.32 Å². The zero-order valence-corrected chi connectivity index (χ0v) is 11.6. The summed E-state index contributed by atoms with van der Waals surface area (Å²) < 4.78 is 6.02. The molecule has 0 unspecified atom stereocenters. The summed E-state index contributed by atoms with van der Waals surface area (Å²) in [4.78, 5) is 2.81. The van der Waals surface area contributed by atoms with Crippen LogP contribution in [-0.4, -0.2) is 21.0 Å². The molecule has 1 rings (SSSR count). The zero-order chi connectivity index (χ0) is 12.7. The molecule has 0 saturated carbocycles. The van der Waals surface area contributed by atoms with Crippen molar-refractivity contribution in [2.75, 3.05) is 6.54 Å². The van der Waals surface area contributed by atoms with Crippen molar-refractivity contribution in [2.24, 2.45) is 5.11 Å². The van der Waals surface area contributed by atoms with Gasteiger partial charge in [-0.1, -0.05) is 35.4 Å². The van der Waals surface area contributed by atoms with Gasteiger partial charge in [-0.05, 0) is 37.2 Å². The highest BCUT2D eigenvalue weighted by molar-refractivity contribution is 6.69. The van der Waals surface area contributed by atoms with Crippen molar-refractivity contribution in [1.29, 1.82) is 0 Å². The fourth-order valence-corrected chi connectivity index (χ4v) is 2.81. The summed E-state index contributed by atoms with van der Waals surface area (Å²) in [6.45, 7) is 6.82. The second kappa shape index (κ2) is 6.44. The van der Waals surface area contributed by atoms with Gasteiger partial charge in [0.05, 0.1) is 12.6 Å². The Labute approximate surface area is 103 Å². The summed E-state index contributed by atoms with van der Waals surface area (Å²) in [7, 11) is -1.61. The molecule has 0 radical (unpaired) electrons. The summed E-state index contributed by atoms with van der Waals surface area (Å²) in [5.41, 5.74) is 9.61. The monoisotopic (exact) mass is 249 g/mol. The largest absolute Gasteiger partial charge is 0.414 e. The van der Waals surface area contributed by atoms with Gasteiger partial charge < -0.3 is 4.43 Å². The molecule has 0 aromatic heterocycles. The van der Waals surface area contributed by atoms with Gasteiger partial charge in [0.1, 0.15) is 0 Å². The minimum Gasteiger partial charge on any atom is -0.414 e. The molecule has 0 bridgehead atoms. The van der Waals surface area contributed by atoms with Crippen LogP contribution in [0.4, 0.5) is 0 Å². The fraction of sp³-hybridized carbons (Fsp3) is 0.500. The summed E-state index contributed by atoms with van der Waals surface area (Å²) >= 11 is 0. The third-order valence-corrected chi connectivity index (χ3v) is 3.22. The molecule has 1 aromatic carbocycles. The Bertz CT molecular complexity index is 382. The first-order chi connectivity index (χ1) is 8.01.